The molecule has 150 valence electrons. The average Bonchev–Trinajstić information content (AvgIpc) is 2.67. The number of para-hydroxylation sites is 1. The summed E-state index contributed by atoms with van der Waals surface area (Å²) in [6, 6.07) is 7.19. The zero-order valence-electron chi connectivity index (χ0n) is 16.3. The van der Waals surface area contributed by atoms with Crippen LogP contribution in [0.3, 0.4) is 0 Å². The first kappa shape index (κ1) is 20.9. The Kier molecular flexibility index (Phi) is 7.14. The van der Waals surface area contributed by atoms with Crippen LogP contribution in [0.15, 0.2) is 30.3 Å². The zero-order chi connectivity index (χ0) is 20.7. The van der Waals surface area contributed by atoms with E-state index in [0.29, 0.717) is 6.42 Å². The minimum absolute atomic E-state index is 0.0509. The Bertz CT molecular complexity index is 819. The Morgan fingerprint density at radius 3 is 2.25 bits per heavy atom. The summed E-state index contributed by atoms with van der Waals surface area (Å²) in [5.41, 5.74) is 5.62. The van der Waals surface area contributed by atoms with Gasteiger partial charge in [0.1, 0.15) is 11.8 Å². The highest BCUT2D eigenvalue weighted by atomic mass is 16.5. The molecule has 0 bridgehead atoms. The third-order valence-corrected chi connectivity index (χ3v) is 3.77. The average molecular weight is 388 g/mol. The number of hydrogen-bond donors (Lipinski definition) is 2. The molecule has 1 unspecified atom stereocenters. The molecule has 9 heteroatoms. The zero-order valence-corrected chi connectivity index (χ0v) is 16.3. The molecule has 1 aromatic heterocycles. The van der Waals surface area contributed by atoms with Crippen molar-refractivity contribution >= 4 is 11.8 Å². The molecule has 28 heavy (non-hydrogen) atoms. The monoisotopic (exact) mass is 388 g/mol. The minimum atomic E-state index is -0.784. The van der Waals surface area contributed by atoms with Gasteiger partial charge >= 0.3 is 6.01 Å². The SMILES string of the molecule is COc1cc(OC)nc(Oc2ccccc2C(=O)NC(CC(C)C)C(N)=O)n1. The van der Waals surface area contributed by atoms with E-state index in [1.54, 1.807) is 24.3 Å². The van der Waals surface area contributed by atoms with E-state index in [1.165, 1.54) is 20.3 Å². The normalized spacial score (nSPS) is 11.6. The molecule has 0 aliphatic rings. The number of nitrogens with zero attached hydrogens (tertiary/aromatic N) is 2. The molecule has 0 saturated carbocycles. The number of primary amides is 1. The number of carbonyl (C=O) groups excluding carboxylic acids is 2. The van der Waals surface area contributed by atoms with E-state index in [-0.39, 0.29) is 35.0 Å². The third-order valence-electron chi connectivity index (χ3n) is 3.77. The maximum atomic E-state index is 12.7. The van der Waals surface area contributed by atoms with Crippen LogP contribution in [-0.4, -0.2) is 42.0 Å². The van der Waals surface area contributed by atoms with Crippen LogP contribution in [0.4, 0.5) is 0 Å². The summed E-state index contributed by atoms with van der Waals surface area (Å²) in [6.07, 6.45) is 0.431. The number of amides is 2. The van der Waals surface area contributed by atoms with Crippen molar-refractivity contribution in [1.82, 2.24) is 15.3 Å². The molecule has 1 aromatic carbocycles. The van der Waals surface area contributed by atoms with E-state index < -0.39 is 17.9 Å². The largest absolute Gasteiger partial charge is 0.481 e. The second kappa shape index (κ2) is 9.54. The summed E-state index contributed by atoms with van der Waals surface area (Å²) < 4.78 is 15.9. The van der Waals surface area contributed by atoms with Crippen LogP contribution >= 0.6 is 0 Å². The lowest BCUT2D eigenvalue weighted by Gasteiger charge is -2.18. The van der Waals surface area contributed by atoms with E-state index >= 15 is 0 Å². The molecule has 3 N–H and O–H groups in total. The maximum absolute atomic E-state index is 12.7. The number of aromatic nitrogens is 2. The molecular formula is C19H24N4O5. The van der Waals surface area contributed by atoms with Crippen LogP contribution in [-0.2, 0) is 4.79 Å². The van der Waals surface area contributed by atoms with Gasteiger partial charge < -0.3 is 25.3 Å². The van der Waals surface area contributed by atoms with E-state index in [9.17, 15) is 9.59 Å². The Morgan fingerprint density at radius 2 is 1.71 bits per heavy atom. The summed E-state index contributed by atoms with van der Waals surface area (Å²) >= 11 is 0. The Hall–Kier alpha value is -3.36. The summed E-state index contributed by atoms with van der Waals surface area (Å²) in [7, 11) is 2.90. The Labute approximate surface area is 163 Å². The van der Waals surface area contributed by atoms with Crippen LogP contribution in [0, 0.1) is 5.92 Å². The Morgan fingerprint density at radius 1 is 1.11 bits per heavy atom. The molecule has 0 fully saturated rings. The van der Waals surface area contributed by atoms with E-state index in [4.69, 9.17) is 19.9 Å². The minimum Gasteiger partial charge on any atom is -0.481 e. The fraction of sp³-hybridized carbons (Fsp3) is 0.368. The fourth-order valence-electron chi connectivity index (χ4n) is 2.43. The van der Waals surface area contributed by atoms with Crippen LogP contribution in [0.1, 0.15) is 30.6 Å². The van der Waals surface area contributed by atoms with Crippen molar-refractivity contribution in [2.24, 2.45) is 11.7 Å². The number of ether oxygens (including phenoxy) is 3. The lowest BCUT2D eigenvalue weighted by atomic mass is 10.0. The third kappa shape index (κ3) is 5.57. The second-order valence-corrected chi connectivity index (χ2v) is 6.39. The van der Waals surface area contributed by atoms with Gasteiger partial charge in [-0.05, 0) is 24.5 Å². The lowest BCUT2D eigenvalue weighted by Crippen LogP contribution is -2.45. The van der Waals surface area contributed by atoms with Crippen molar-refractivity contribution in [3.63, 3.8) is 0 Å². The maximum Gasteiger partial charge on any atom is 0.328 e. The topological polar surface area (TPSA) is 126 Å². The molecule has 0 aliphatic heterocycles. The first-order valence-electron chi connectivity index (χ1n) is 8.68. The second-order valence-electron chi connectivity index (χ2n) is 6.39. The number of benzene rings is 1. The summed E-state index contributed by atoms with van der Waals surface area (Å²) in [5.74, 6) is -0.203. The van der Waals surface area contributed by atoms with Gasteiger partial charge in [-0.2, -0.15) is 9.97 Å². The molecule has 2 aromatic rings. The van der Waals surface area contributed by atoms with Gasteiger partial charge in [-0.15, -0.1) is 0 Å². The molecule has 0 radical (unpaired) electrons. The molecule has 0 spiro atoms. The molecular weight excluding hydrogens is 364 g/mol. The molecule has 0 saturated heterocycles. The van der Waals surface area contributed by atoms with Gasteiger partial charge in [-0.3, -0.25) is 9.59 Å². The van der Waals surface area contributed by atoms with Crippen LogP contribution < -0.4 is 25.3 Å². The molecule has 9 nitrogen and oxygen atoms in total. The number of nitrogens with one attached hydrogen (secondary N) is 1. The van der Waals surface area contributed by atoms with Crippen molar-refractivity contribution in [3.05, 3.63) is 35.9 Å². The molecule has 1 atom stereocenters. The first-order valence-corrected chi connectivity index (χ1v) is 8.68. The lowest BCUT2D eigenvalue weighted by molar-refractivity contribution is -0.120. The Balaban J connectivity index is 2.27. The van der Waals surface area contributed by atoms with Crippen molar-refractivity contribution < 1.29 is 23.8 Å². The predicted molar refractivity (Wildman–Crippen MR) is 102 cm³/mol. The van der Waals surface area contributed by atoms with E-state index in [2.05, 4.69) is 15.3 Å². The van der Waals surface area contributed by atoms with Crippen molar-refractivity contribution in [1.29, 1.82) is 0 Å². The highest BCUT2D eigenvalue weighted by Gasteiger charge is 2.22. The van der Waals surface area contributed by atoms with Gasteiger partial charge in [0.15, 0.2) is 0 Å². The highest BCUT2D eigenvalue weighted by Crippen LogP contribution is 2.26. The van der Waals surface area contributed by atoms with Gasteiger partial charge in [-0.25, -0.2) is 0 Å². The number of methoxy groups -OCH3 is 2. The number of nitrogens with two attached hydrogens (primary N) is 1. The predicted octanol–water partition coefficient (Wildman–Crippen LogP) is 1.92. The van der Waals surface area contributed by atoms with Gasteiger partial charge in [0.25, 0.3) is 5.91 Å². The van der Waals surface area contributed by atoms with E-state index in [0.717, 1.165) is 0 Å². The van der Waals surface area contributed by atoms with Gasteiger partial charge in [-0.1, -0.05) is 26.0 Å². The summed E-state index contributed by atoms with van der Waals surface area (Å²) in [6.45, 7) is 3.87. The van der Waals surface area contributed by atoms with E-state index in [1.807, 2.05) is 13.8 Å². The van der Waals surface area contributed by atoms with Crippen LogP contribution in [0.25, 0.3) is 0 Å². The number of hydrogen-bond acceptors (Lipinski definition) is 7. The summed E-state index contributed by atoms with van der Waals surface area (Å²) in [5, 5.41) is 2.65. The fourth-order valence-corrected chi connectivity index (χ4v) is 2.43. The quantitative estimate of drug-likeness (QED) is 0.672. The van der Waals surface area contributed by atoms with Gasteiger partial charge in [0, 0.05) is 0 Å². The first-order chi connectivity index (χ1) is 13.3. The highest BCUT2D eigenvalue weighted by molar-refractivity contribution is 5.99. The van der Waals surface area contributed by atoms with Gasteiger partial charge in [0.05, 0.1) is 25.8 Å². The molecule has 0 aliphatic carbocycles. The smallest absolute Gasteiger partial charge is 0.328 e. The summed E-state index contributed by atoms with van der Waals surface area (Å²) in [4.78, 5) is 32.5. The molecule has 2 amide bonds. The van der Waals surface area contributed by atoms with Crippen molar-refractivity contribution in [2.75, 3.05) is 14.2 Å². The van der Waals surface area contributed by atoms with Crippen LogP contribution in [0.2, 0.25) is 0 Å². The number of carbonyl (C=O) groups is 2. The van der Waals surface area contributed by atoms with Crippen molar-refractivity contribution in [2.45, 2.75) is 26.3 Å². The molecule has 1 heterocycles. The standard InChI is InChI=1S/C19H24N4O5/c1-11(2)9-13(17(20)24)21-18(25)12-7-5-6-8-14(12)28-19-22-15(26-3)10-16(23-19)27-4/h5-8,10-11,13H,9H2,1-4H3,(H2,20,24)(H,21,25). The van der Waals surface area contributed by atoms with Crippen LogP contribution in [0.5, 0.6) is 23.5 Å². The van der Waals surface area contributed by atoms with Gasteiger partial charge in [0.2, 0.25) is 17.7 Å². The van der Waals surface area contributed by atoms with Crippen molar-refractivity contribution in [3.8, 4) is 23.5 Å². The molecule has 2 rings (SSSR count). The number of rotatable bonds is 9.